The third kappa shape index (κ3) is 3.86. The molecule has 4 aliphatic carbocycles. The summed E-state index contributed by atoms with van der Waals surface area (Å²) in [6.45, 7) is 14.6. The first kappa shape index (κ1) is 28.9. The van der Waals surface area contributed by atoms with Gasteiger partial charge < -0.3 is 25.5 Å². The van der Waals surface area contributed by atoms with Crippen LogP contribution in [0.25, 0.3) is 0 Å². The van der Waals surface area contributed by atoms with Crippen LogP contribution in [0.3, 0.4) is 0 Å². The first-order valence-corrected chi connectivity index (χ1v) is 13.9. The van der Waals surface area contributed by atoms with Crippen LogP contribution in [0.15, 0.2) is 11.6 Å². The Labute approximate surface area is 221 Å². The van der Waals surface area contributed by atoms with Crippen molar-refractivity contribution in [3.8, 4) is 0 Å². The Morgan fingerprint density at radius 3 is 2.16 bits per heavy atom. The Bertz CT molecular complexity index is 1010. The van der Waals surface area contributed by atoms with Gasteiger partial charge in [-0.05, 0) is 69.1 Å². The lowest BCUT2D eigenvalue weighted by Crippen LogP contribution is -2.65. The van der Waals surface area contributed by atoms with E-state index in [9.17, 15) is 35.1 Å². The van der Waals surface area contributed by atoms with E-state index < -0.39 is 62.9 Å². The molecule has 0 aliphatic heterocycles. The zero-order chi connectivity index (χ0) is 28.1. The van der Waals surface area contributed by atoms with Crippen LogP contribution < -0.4 is 0 Å². The molecule has 5 N–H and O–H groups in total. The summed E-state index contributed by atoms with van der Waals surface area (Å²) in [4.78, 5) is 27.5. The molecule has 7 nitrogen and oxygen atoms in total. The maximum atomic E-state index is 14.2. The van der Waals surface area contributed by atoms with E-state index >= 15 is 0 Å². The number of carbonyl (C=O) groups excluding carboxylic acids is 2. The van der Waals surface area contributed by atoms with Crippen molar-refractivity contribution in [1.82, 2.24) is 0 Å². The van der Waals surface area contributed by atoms with Gasteiger partial charge in [0.15, 0.2) is 5.78 Å². The zero-order valence-corrected chi connectivity index (χ0v) is 23.8. The molecular formula is C30H48O7. The van der Waals surface area contributed by atoms with Crippen molar-refractivity contribution >= 4 is 11.6 Å². The molecule has 1 unspecified atom stereocenters. The minimum atomic E-state index is -1.85. The molecule has 0 amide bonds. The number of aliphatic hydroxyl groups excluding tert-OH is 3. The second-order valence-electron chi connectivity index (χ2n) is 14.8. The summed E-state index contributed by atoms with van der Waals surface area (Å²) in [7, 11) is 0. The average molecular weight is 521 g/mol. The Hall–Kier alpha value is -1.12. The SMILES string of the molecule is CC(C)(O)CCC(=O)[C@](C)(O)C1[C@H](O)C[C@@]2(C)[C@@H]3CC=C4[C@@H](C[C@H](O)[C@@H](O)C4(C)C)[C@]3(C)C(=O)C[C@]12C. The summed E-state index contributed by atoms with van der Waals surface area (Å²) in [6, 6.07) is 0. The molecule has 0 heterocycles. The molecular weight excluding hydrogens is 472 g/mol. The van der Waals surface area contributed by atoms with E-state index in [-0.39, 0.29) is 36.9 Å². The van der Waals surface area contributed by atoms with E-state index in [0.717, 1.165) is 5.57 Å². The van der Waals surface area contributed by atoms with Crippen LogP contribution in [0.2, 0.25) is 0 Å². The van der Waals surface area contributed by atoms with Crippen LogP contribution in [-0.4, -0.2) is 66.6 Å². The lowest BCUT2D eigenvalue weighted by molar-refractivity contribution is -0.188. The second kappa shape index (κ2) is 8.44. The molecule has 4 rings (SSSR count). The van der Waals surface area contributed by atoms with Crippen LogP contribution in [0.4, 0.5) is 0 Å². The minimum Gasteiger partial charge on any atom is -0.393 e. The van der Waals surface area contributed by atoms with Crippen molar-refractivity contribution in [2.24, 2.45) is 39.4 Å². The second-order valence-corrected chi connectivity index (χ2v) is 14.8. The molecule has 4 aliphatic rings. The molecule has 0 saturated heterocycles. The van der Waals surface area contributed by atoms with Gasteiger partial charge in [-0.2, -0.15) is 0 Å². The van der Waals surface area contributed by atoms with Gasteiger partial charge in [0, 0.05) is 29.6 Å². The van der Waals surface area contributed by atoms with Gasteiger partial charge in [0.1, 0.15) is 11.4 Å². The summed E-state index contributed by atoms with van der Waals surface area (Å²) in [5, 5.41) is 54.8. The predicted octanol–water partition coefficient (Wildman–Crippen LogP) is 2.94. The number of rotatable bonds is 5. The van der Waals surface area contributed by atoms with Gasteiger partial charge in [0.2, 0.25) is 0 Å². The Morgan fingerprint density at radius 1 is 1.00 bits per heavy atom. The number of ketones is 2. The van der Waals surface area contributed by atoms with E-state index in [1.807, 2.05) is 27.7 Å². The normalized spacial score (nSPS) is 46.8. The third-order valence-electron chi connectivity index (χ3n) is 11.8. The van der Waals surface area contributed by atoms with Gasteiger partial charge in [-0.1, -0.05) is 46.3 Å². The van der Waals surface area contributed by atoms with Crippen LogP contribution in [0.5, 0.6) is 0 Å². The molecule has 0 aromatic rings. The predicted molar refractivity (Wildman–Crippen MR) is 139 cm³/mol. The molecule has 7 heteroatoms. The Morgan fingerprint density at radius 2 is 1.59 bits per heavy atom. The minimum absolute atomic E-state index is 0.0227. The number of hydrogen-bond donors (Lipinski definition) is 5. The molecule has 0 spiro atoms. The highest BCUT2D eigenvalue weighted by atomic mass is 16.3. The number of carbonyl (C=O) groups is 2. The van der Waals surface area contributed by atoms with Gasteiger partial charge in [-0.3, -0.25) is 9.59 Å². The average Bonchev–Trinajstić information content (AvgIpc) is 2.96. The van der Waals surface area contributed by atoms with Gasteiger partial charge in [0.25, 0.3) is 0 Å². The van der Waals surface area contributed by atoms with E-state index in [2.05, 4.69) is 13.0 Å². The first-order chi connectivity index (χ1) is 16.7. The summed E-state index contributed by atoms with van der Waals surface area (Å²) in [6.07, 6.45) is 0.895. The smallest absolute Gasteiger partial charge is 0.164 e. The fraction of sp³-hybridized carbons (Fsp3) is 0.867. The van der Waals surface area contributed by atoms with Crippen molar-refractivity contribution in [2.45, 2.75) is 123 Å². The number of fused-ring (bicyclic) bond motifs is 5. The summed E-state index contributed by atoms with van der Waals surface area (Å²) in [5.74, 6) is -1.60. The maximum absolute atomic E-state index is 14.2. The number of aliphatic hydroxyl groups is 5. The lowest BCUT2D eigenvalue weighted by Gasteiger charge is -2.65. The van der Waals surface area contributed by atoms with Crippen molar-refractivity contribution in [2.75, 3.05) is 0 Å². The molecule has 10 atom stereocenters. The quantitative estimate of drug-likeness (QED) is 0.352. The van der Waals surface area contributed by atoms with Crippen molar-refractivity contribution < 1.29 is 35.1 Å². The van der Waals surface area contributed by atoms with E-state index in [0.29, 0.717) is 19.3 Å². The van der Waals surface area contributed by atoms with E-state index in [1.165, 1.54) is 6.92 Å². The lowest BCUT2D eigenvalue weighted by atomic mass is 9.38. The van der Waals surface area contributed by atoms with Crippen LogP contribution in [0.1, 0.15) is 93.9 Å². The highest BCUT2D eigenvalue weighted by Gasteiger charge is 2.74. The third-order valence-corrected chi connectivity index (χ3v) is 11.8. The summed E-state index contributed by atoms with van der Waals surface area (Å²) < 4.78 is 0. The van der Waals surface area contributed by atoms with Gasteiger partial charge >= 0.3 is 0 Å². The van der Waals surface area contributed by atoms with Crippen molar-refractivity contribution in [1.29, 1.82) is 0 Å². The van der Waals surface area contributed by atoms with Crippen molar-refractivity contribution in [3.05, 3.63) is 11.6 Å². The van der Waals surface area contributed by atoms with Gasteiger partial charge in [-0.15, -0.1) is 0 Å². The molecule has 3 fully saturated rings. The molecule has 0 radical (unpaired) electrons. The monoisotopic (exact) mass is 520 g/mol. The fourth-order valence-corrected chi connectivity index (χ4v) is 9.40. The van der Waals surface area contributed by atoms with Crippen LogP contribution in [-0.2, 0) is 9.59 Å². The molecule has 0 aromatic heterocycles. The highest BCUT2D eigenvalue weighted by Crippen LogP contribution is 2.74. The highest BCUT2D eigenvalue weighted by molar-refractivity contribution is 5.90. The van der Waals surface area contributed by atoms with Crippen LogP contribution in [0, 0.1) is 39.4 Å². The molecule has 3 saturated carbocycles. The number of Topliss-reactive ketones (excluding diaryl/α,β-unsaturated/α-hetero) is 2. The zero-order valence-electron chi connectivity index (χ0n) is 23.8. The van der Waals surface area contributed by atoms with Crippen LogP contribution >= 0.6 is 0 Å². The topological polar surface area (TPSA) is 135 Å². The Kier molecular flexibility index (Phi) is 6.59. The van der Waals surface area contributed by atoms with Gasteiger partial charge in [-0.25, -0.2) is 0 Å². The number of hydrogen-bond acceptors (Lipinski definition) is 7. The van der Waals surface area contributed by atoms with E-state index in [4.69, 9.17) is 0 Å². The molecule has 210 valence electrons. The van der Waals surface area contributed by atoms with Crippen molar-refractivity contribution in [3.63, 3.8) is 0 Å². The standard InChI is InChI=1S/C30H48O7/c1-25(2,36)12-11-21(33)30(8,37)23-19(32)14-27(5)20-10-9-16-17(13-18(31)24(35)26(16,3)4)29(20,7)22(34)15-28(23,27)6/h9,17-20,23-24,31-32,35-37H,10-15H2,1-8H3/t17-,18+,19-,20+,23?,24-,27+,28-,29+,30+/m1/s1. The first-order valence-electron chi connectivity index (χ1n) is 13.9. The fourth-order valence-electron chi connectivity index (χ4n) is 9.40. The maximum Gasteiger partial charge on any atom is 0.164 e. The number of allylic oxidation sites excluding steroid dienone is 1. The Balaban J connectivity index is 1.76. The molecule has 0 bridgehead atoms. The largest absolute Gasteiger partial charge is 0.393 e. The van der Waals surface area contributed by atoms with E-state index in [1.54, 1.807) is 13.8 Å². The molecule has 37 heavy (non-hydrogen) atoms. The molecule has 0 aromatic carbocycles. The summed E-state index contributed by atoms with van der Waals surface area (Å²) in [5.41, 5.74) is -4.71. The summed E-state index contributed by atoms with van der Waals surface area (Å²) >= 11 is 0. The van der Waals surface area contributed by atoms with Gasteiger partial charge in [0.05, 0.1) is 23.9 Å².